The number of piperidine rings is 2. The van der Waals surface area contributed by atoms with E-state index in [1.165, 1.54) is 31.2 Å². The summed E-state index contributed by atoms with van der Waals surface area (Å²) in [6.07, 6.45) is 6.23. The maximum absolute atomic E-state index is 16.0. The van der Waals surface area contributed by atoms with Crippen LogP contribution in [0, 0.1) is 5.82 Å². The summed E-state index contributed by atoms with van der Waals surface area (Å²) in [7, 11) is 3.25. The molecule has 0 aliphatic carbocycles. The second-order valence-electron chi connectivity index (χ2n) is 17.0. The van der Waals surface area contributed by atoms with Gasteiger partial charge in [-0.25, -0.2) is 23.1 Å². The Labute approximate surface area is 360 Å². The van der Waals surface area contributed by atoms with Crippen molar-refractivity contribution in [1.29, 1.82) is 0 Å². The molecule has 4 aromatic heterocycles. The quantitative estimate of drug-likeness (QED) is 0.206. The summed E-state index contributed by atoms with van der Waals surface area (Å²) >= 11 is 0. The largest absolute Gasteiger partial charge is 0.495 e. The highest BCUT2D eigenvalue weighted by molar-refractivity contribution is 6.05. The van der Waals surface area contributed by atoms with E-state index in [1.54, 1.807) is 58.0 Å². The smallest absolute Gasteiger partial charge is 0.264 e. The van der Waals surface area contributed by atoms with Gasteiger partial charge in [-0.05, 0) is 43.5 Å². The van der Waals surface area contributed by atoms with Crippen molar-refractivity contribution in [2.45, 2.75) is 76.7 Å². The van der Waals surface area contributed by atoms with E-state index in [9.17, 15) is 28.0 Å². The molecule has 3 fully saturated rings. The first-order chi connectivity index (χ1) is 30.4. The summed E-state index contributed by atoms with van der Waals surface area (Å²) in [6.45, 7) is 5.22. The predicted molar refractivity (Wildman–Crippen MR) is 223 cm³/mol. The highest BCUT2D eigenvalue weighted by Gasteiger charge is 2.43. The lowest BCUT2D eigenvalue weighted by molar-refractivity contribution is -0.137. The molecule has 5 aliphatic heterocycles. The third-order valence-corrected chi connectivity index (χ3v) is 13.5. The molecule has 10 rings (SSSR count). The molecule has 63 heavy (non-hydrogen) atoms. The number of pyridine rings is 2. The van der Waals surface area contributed by atoms with Crippen molar-refractivity contribution in [3.8, 4) is 16.9 Å². The highest BCUT2D eigenvalue weighted by atomic mass is 19.3. The average molecular weight is 866 g/mol. The van der Waals surface area contributed by atoms with Gasteiger partial charge < -0.3 is 28.7 Å². The van der Waals surface area contributed by atoms with Crippen LogP contribution in [0.25, 0.3) is 16.8 Å². The lowest BCUT2D eigenvalue weighted by atomic mass is 9.97. The number of hydrogen-bond acceptors (Lipinski definition) is 11. The molecule has 0 saturated carbocycles. The molecule has 3 saturated heterocycles. The van der Waals surface area contributed by atoms with Crippen molar-refractivity contribution in [3.63, 3.8) is 0 Å². The minimum atomic E-state index is -2.82. The van der Waals surface area contributed by atoms with Gasteiger partial charge >= 0.3 is 0 Å². The molecule has 16 nitrogen and oxygen atoms in total. The summed E-state index contributed by atoms with van der Waals surface area (Å²) in [5, 5.41) is 7.44. The molecular weight excluding hydrogens is 820 g/mol. The Morgan fingerprint density at radius 1 is 0.952 bits per heavy atom. The second kappa shape index (κ2) is 15.7. The van der Waals surface area contributed by atoms with Crippen LogP contribution in [0.1, 0.15) is 77.8 Å². The first-order valence-electron chi connectivity index (χ1n) is 21.2. The zero-order chi connectivity index (χ0) is 43.8. The molecule has 19 heteroatoms. The number of anilines is 3. The van der Waals surface area contributed by atoms with Gasteiger partial charge in [-0.2, -0.15) is 5.10 Å². The minimum Gasteiger partial charge on any atom is -0.495 e. The molecule has 4 amide bonds. The van der Waals surface area contributed by atoms with Gasteiger partial charge in [0.25, 0.3) is 12.3 Å². The number of carbonyl (C=O) groups is 4. The third kappa shape index (κ3) is 6.92. The normalized spacial score (nSPS) is 19.8. The Morgan fingerprint density at radius 3 is 2.48 bits per heavy atom. The molecule has 0 spiro atoms. The van der Waals surface area contributed by atoms with Gasteiger partial charge in [0.1, 0.15) is 23.3 Å². The number of hydrogen-bond donors (Lipinski definition) is 1. The van der Waals surface area contributed by atoms with E-state index in [1.807, 2.05) is 4.90 Å². The van der Waals surface area contributed by atoms with Gasteiger partial charge in [0.2, 0.25) is 17.7 Å². The van der Waals surface area contributed by atoms with Crippen molar-refractivity contribution in [2.75, 3.05) is 56.7 Å². The molecule has 5 aromatic rings. The Bertz CT molecular complexity index is 2690. The van der Waals surface area contributed by atoms with Crippen LogP contribution < -0.4 is 19.9 Å². The van der Waals surface area contributed by atoms with Crippen molar-refractivity contribution in [3.05, 3.63) is 82.8 Å². The van der Waals surface area contributed by atoms with Gasteiger partial charge in [0, 0.05) is 123 Å². The highest BCUT2D eigenvalue weighted by Crippen LogP contribution is 2.42. The molecular formula is C44H46F3N11O5. The number of nitrogens with one attached hydrogen (secondary N) is 1. The van der Waals surface area contributed by atoms with Crippen LogP contribution in [0.5, 0.6) is 5.75 Å². The molecule has 1 aromatic carbocycles. The van der Waals surface area contributed by atoms with Crippen LogP contribution in [-0.2, 0) is 33.9 Å². The molecule has 0 bridgehead atoms. The summed E-state index contributed by atoms with van der Waals surface area (Å²) in [5.41, 5.74) is 3.87. The van der Waals surface area contributed by atoms with Crippen LogP contribution >= 0.6 is 0 Å². The Hall–Kier alpha value is -6.50. The maximum atomic E-state index is 16.0. The molecule has 9 heterocycles. The van der Waals surface area contributed by atoms with Crippen molar-refractivity contribution in [2.24, 2.45) is 0 Å². The monoisotopic (exact) mass is 865 g/mol. The van der Waals surface area contributed by atoms with E-state index in [0.717, 1.165) is 37.2 Å². The molecule has 328 valence electrons. The van der Waals surface area contributed by atoms with E-state index < -0.39 is 30.1 Å². The Morgan fingerprint density at radius 2 is 1.75 bits per heavy atom. The first-order valence-corrected chi connectivity index (χ1v) is 21.2. The van der Waals surface area contributed by atoms with Crippen LogP contribution in [0.15, 0.2) is 49.1 Å². The minimum absolute atomic E-state index is 0.0220. The van der Waals surface area contributed by atoms with Crippen molar-refractivity contribution in [1.82, 2.24) is 44.2 Å². The van der Waals surface area contributed by atoms with Gasteiger partial charge in [0.15, 0.2) is 11.6 Å². The topological polar surface area (TPSA) is 154 Å². The fourth-order valence-corrected chi connectivity index (χ4v) is 9.95. The van der Waals surface area contributed by atoms with Gasteiger partial charge in [0.05, 0.1) is 38.1 Å². The molecule has 1 atom stereocenters. The van der Waals surface area contributed by atoms with E-state index in [4.69, 9.17) is 9.84 Å². The maximum Gasteiger partial charge on any atom is 0.264 e. The van der Waals surface area contributed by atoms with Crippen LogP contribution in [0.2, 0.25) is 0 Å². The number of amides is 4. The van der Waals surface area contributed by atoms with Gasteiger partial charge in [-0.1, -0.05) is 0 Å². The number of nitrogens with zero attached hydrogens (tertiary/aromatic N) is 10. The van der Waals surface area contributed by atoms with Gasteiger partial charge in [-0.15, -0.1) is 0 Å². The number of benzene rings is 1. The summed E-state index contributed by atoms with van der Waals surface area (Å²) in [6, 6.07) is 5.82. The number of imide groups is 1. The Balaban J connectivity index is 0.843. The molecule has 1 N–H and O–H groups in total. The van der Waals surface area contributed by atoms with Gasteiger partial charge in [-0.3, -0.25) is 34.1 Å². The third-order valence-electron chi connectivity index (χ3n) is 13.5. The lowest BCUT2D eigenvalue weighted by Crippen LogP contribution is -2.61. The first kappa shape index (κ1) is 40.6. The number of imidazole rings is 1. The lowest BCUT2D eigenvalue weighted by Gasteiger charge is -2.48. The van der Waals surface area contributed by atoms with E-state index in [-0.39, 0.29) is 71.4 Å². The number of aromatic nitrogens is 5. The fourth-order valence-electron chi connectivity index (χ4n) is 9.95. The number of carbonyl (C=O) groups excluding carboxylic acids is 4. The molecule has 1 unspecified atom stereocenters. The van der Waals surface area contributed by atoms with Crippen LogP contribution in [-0.4, -0.2) is 121 Å². The predicted octanol–water partition coefficient (Wildman–Crippen LogP) is 4.64. The number of likely N-dealkylation sites (tertiary alicyclic amines) is 1. The summed E-state index contributed by atoms with van der Waals surface area (Å²) in [4.78, 5) is 68.2. The number of ether oxygens (including phenoxy) is 1. The zero-order valence-corrected chi connectivity index (χ0v) is 35.1. The summed E-state index contributed by atoms with van der Waals surface area (Å²) < 4.78 is 55.2. The number of halogens is 3. The van der Waals surface area contributed by atoms with Crippen molar-refractivity contribution < 1.29 is 37.1 Å². The zero-order valence-electron chi connectivity index (χ0n) is 35.1. The SMILES string of the molecule is COc1cn2ccnc2cc1-c1cnc(N(C)c2nn(C3CCN(C4CN(c5ccc6c(c5F)CN(C5CCC(=O)NC5=O)C6=O)C4)CC3)c3c2CN(C(C)=O)CC3)cc1C(F)F. The number of methoxy groups -OCH3 is 1. The van der Waals surface area contributed by atoms with Crippen LogP contribution in [0.3, 0.4) is 0 Å². The summed E-state index contributed by atoms with van der Waals surface area (Å²) in [5.74, 6) is -0.586. The number of alkyl halides is 2. The molecule has 0 radical (unpaired) electrons. The van der Waals surface area contributed by atoms with Crippen molar-refractivity contribution >= 4 is 46.6 Å². The average Bonchev–Trinajstić information content (AvgIpc) is 3.98. The Kier molecular flexibility index (Phi) is 10.1. The van der Waals surface area contributed by atoms with E-state index in [2.05, 4.69) is 24.9 Å². The van der Waals surface area contributed by atoms with E-state index in [0.29, 0.717) is 61.1 Å². The number of fused-ring (bicyclic) bond motifs is 3. The fraction of sp³-hybridized carbons (Fsp3) is 0.432. The molecule has 5 aliphatic rings. The second-order valence-corrected chi connectivity index (χ2v) is 17.0. The number of rotatable bonds is 9. The standard InChI is InChI=1S/C44H46F3N11O5/c1-24(59)54-14-10-33-32(21-54)42(52(2)37-17-29(41(46)47)30(18-49-37)28-16-38-48-11-15-55(38)23-36(28)63-3)51-58(33)25-8-12-53(13-9-25)26-19-56(20-26)34-5-4-27-31(40(34)45)22-57(44(27)62)35-6-7-39(60)50-43(35)61/h4-5,11,15-18,23,25-26,35,41H,6-10,12-14,19-22H2,1-3H3,(H,50,60,61). The van der Waals surface area contributed by atoms with E-state index >= 15 is 4.39 Å². The van der Waals surface area contributed by atoms with Crippen LogP contribution in [0.4, 0.5) is 30.5 Å².